The molecule has 2 rings (SSSR count). The van der Waals surface area contributed by atoms with Crippen molar-refractivity contribution >= 4 is 15.9 Å². The van der Waals surface area contributed by atoms with Crippen LogP contribution in [0.5, 0.6) is 0 Å². The lowest BCUT2D eigenvalue weighted by molar-refractivity contribution is 0.527. The quantitative estimate of drug-likeness (QED) is 0.820. The average Bonchev–Trinajstić information content (AvgIpc) is 2.50. The zero-order chi connectivity index (χ0) is 10.7. The van der Waals surface area contributed by atoms with Crippen molar-refractivity contribution in [2.45, 2.75) is 31.7 Å². The molecule has 1 fully saturated rings. The lowest BCUT2D eigenvalue weighted by Gasteiger charge is -2.17. The largest absolute Gasteiger partial charge is 0.310 e. The standard InChI is InChI=1S/C12H15BrFN/c13-11-6-5-9(14)8-10(11)12-4-2-1-3-7-15-12/h5-6,8,12,15H,1-4,7H2. The van der Waals surface area contributed by atoms with Crippen LogP contribution in [0.2, 0.25) is 0 Å². The zero-order valence-electron chi connectivity index (χ0n) is 8.60. The molecule has 1 aliphatic rings. The first-order valence-electron chi connectivity index (χ1n) is 5.46. The second-order valence-corrected chi connectivity index (χ2v) is 4.88. The van der Waals surface area contributed by atoms with Crippen LogP contribution in [0.4, 0.5) is 4.39 Å². The van der Waals surface area contributed by atoms with Crippen molar-refractivity contribution in [3.8, 4) is 0 Å². The summed E-state index contributed by atoms with van der Waals surface area (Å²) in [4.78, 5) is 0. The van der Waals surface area contributed by atoms with Gasteiger partial charge in [0.25, 0.3) is 0 Å². The van der Waals surface area contributed by atoms with Gasteiger partial charge in [-0.3, -0.25) is 0 Å². The van der Waals surface area contributed by atoms with Gasteiger partial charge in [0.05, 0.1) is 0 Å². The number of rotatable bonds is 1. The van der Waals surface area contributed by atoms with Crippen LogP contribution in [-0.4, -0.2) is 6.54 Å². The van der Waals surface area contributed by atoms with Crippen LogP contribution < -0.4 is 5.32 Å². The summed E-state index contributed by atoms with van der Waals surface area (Å²) in [6, 6.07) is 5.21. The van der Waals surface area contributed by atoms with E-state index in [4.69, 9.17) is 0 Å². The summed E-state index contributed by atoms with van der Waals surface area (Å²) in [5.74, 6) is -0.153. The van der Waals surface area contributed by atoms with Gasteiger partial charge < -0.3 is 5.32 Å². The molecule has 1 nitrogen and oxygen atoms in total. The third-order valence-electron chi connectivity index (χ3n) is 2.89. The molecular formula is C12H15BrFN. The summed E-state index contributed by atoms with van der Waals surface area (Å²) in [6.45, 7) is 1.04. The minimum Gasteiger partial charge on any atom is -0.310 e. The van der Waals surface area contributed by atoms with Gasteiger partial charge in [-0.15, -0.1) is 0 Å². The minimum absolute atomic E-state index is 0.153. The molecular weight excluding hydrogens is 257 g/mol. The van der Waals surface area contributed by atoms with E-state index in [1.54, 1.807) is 12.1 Å². The third kappa shape index (κ3) is 2.79. The number of hydrogen-bond donors (Lipinski definition) is 1. The number of nitrogens with one attached hydrogen (secondary N) is 1. The van der Waals surface area contributed by atoms with Gasteiger partial charge in [0.15, 0.2) is 0 Å². The monoisotopic (exact) mass is 271 g/mol. The van der Waals surface area contributed by atoms with Crippen molar-refractivity contribution in [2.75, 3.05) is 6.54 Å². The van der Waals surface area contributed by atoms with Gasteiger partial charge in [-0.05, 0) is 43.1 Å². The SMILES string of the molecule is Fc1ccc(Br)c(C2CCCCCN2)c1. The van der Waals surface area contributed by atoms with Crippen molar-refractivity contribution in [3.63, 3.8) is 0 Å². The summed E-state index contributed by atoms with van der Waals surface area (Å²) < 4.78 is 14.2. The Morgan fingerprint density at radius 2 is 2.13 bits per heavy atom. The highest BCUT2D eigenvalue weighted by atomic mass is 79.9. The van der Waals surface area contributed by atoms with Gasteiger partial charge in [0.2, 0.25) is 0 Å². The molecule has 15 heavy (non-hydrogen) atoms. The molecule has 1 aromatic rings. The highest BCUT2D eigenvalue weighted by Gasteiger charge is 2.16. The highest BCUT2D eigenvalue weighted by Crippen LogP contribution is 2.29. The molecule has 3 heteroatoms. The molecule has 1 aliphatic heterocycles. The van der Waals surface area contributed by atoms with Crippen LogP contribution in [0.15, 0.2) is 22.7 Å². The Hall–Kier alpha value is -0.410. The molecule has 0 saturated carbocycles. The summed E-state index contributed by atoms with van der Waals surface area (Å²) in [5, 5.41) is 3.47. The van der Waals surface area contributed by atoms with Gasteiger partial charge in [0.1, 0.15) is 5.82 Å². The van der Waals surface area contributed by atoms with Crippen molar-refractivity contribution in [3.05, 3.63) is 34.1 Å². The summed E-state index contributed by atoms with van der Waals surface area (Å²) >= 11 is 3.48. The van der Waals surface area contributed by atoms with Crippen LogP contribution in [0.3, 0.4) is 0 Å². The molecule has 0 aliphatic carbocycles. The maximum Gasteiger partial charge on any atom is 0.123 e. The van der Waals surface area contributed by atoms with Crippen molar-refractivity contribution < 1.29 is 4.39 Å². The van der Waals surface area contributed by atoms with Crippen LogP contribution in [-0.2, 0) is 0 Å². The Morgan fingerprint density at radius 1 is 1.27 bits per heavy atom. The Bertz CT molecular complexity index is 332. The fraction of sp³-hybridized carbons (Fsp3) is 0.500. The van der Waals surface area contributed by atoms with Gasteiger partial charge in [-0.2, -0.15) is 0 Å². The smallest absolute Gasteiger partial charge is 0.123 e. The second kappa shape index (κ2) is 5.08. The molecule has 1 saturated heterocycles. The van der Waals surface area contributed by atoms with Gasteiger partial charge in [-0.25, -0.2) is 4.39 Å². The molecule has 0 bridgehead atoms. The molecule has 82 valence electrons. The Kier molecular flexibility index (Phi) is 3.76. The summed E-state index contributed by atoms with van der Waals surface area (Å²) in [6.07, 6.45) is 4.82. The topological polar surface area (TPSA) is 12.0 Å². The van der Waals surface area contributed by atoms with E-state index in [9.17, 15) is 4.39 Å². The van der Waals surface area contributed by atoms with Crippen molar-refractivity contribution in [2.24, 2.45) is 0 Å². The van der Waals surface area contributed by atoms with Crippen LogP contribution in [0.25, 0.3) is 0 Å². The first-order chi connectivity index (χ1) is 7.27. The van der Waals surface area contributed by atoms with Gasteiger partial charge in [-0.1, -0.05) is 28.8 Å². The van der Waals surface area contributed by atoms with Crippen LogP contribution in [0, 0.1) is 5.82 Å². The van der Waals surface area contributed by atoms with Gasteiger partial charge >= 0.3 is 0 Å². The second-order valence-electron chi connectivity index (χ2n) is 4.02. The lowest BCUT2D eigenvalue weighted by Crippen LogP contribution is -2.20. The van der Waals surface area contributed by atoms with Crippen molar-refractivity contribution in [1.29, 1.82) is 0 Å². The zero-order valence-corrected chi connectivity index (χ0v) is 10.2. The third-order valence-corrected chi connectivity index (χ3v) is 3.62. The predicted molar refractivity (Wildman–Crippen MR) is 63.3 cm³/mol. The van der Waals surface area contributed by atoms with E-state index in [2.05, 4.69) is 21.2 Å². The van der Waals surface area contributed by atoms with Crippen LogP contribution in [0.1, 0.15) is 37.3 Å². The molecule has 0 amide bonds. The maximum atomic E-state index is 13.2. The molecule has 0 aromatic heterocycles. The fourth-order valence-corrected chi connectivity index (χ4v) is 2.60. The highest BCUT2D eigenvalue weighted by molar-refractivity contribution is 9.10. The normalized spacial score (nSPS) is 22.4. The molecule has 1 unspecified atom stereocenters. The van der Waals surface area contributed by atoms with Crippen LogP contribution >= 0.6 is 15.9 Å². The van der Waals surface area contributed by atoms with E-state index >= 15 is 0 Å². The number of benzene rings is 1. The molecule has 0 radical (unpaired) electrons. The lowest BCUT2D eigenvalue weighted by atomic mass is 10.0. The Balaban J connectivity index is 2.22. The van der Waals surface area contributed by atoms with E-state index in [1.165, 1.54) is 25.3 Å². The summed E-state index contributed by atoms with van der Waals surface area (Å²) in [7, 11) is 0. The molecule has 1 atom stereocenters. The Labute approximate surface area is 98.2 Å². The maximum absolute atomic E-state index is 13.2. The van der Waals surface area contributed by atoms with E-state index in [0.29, 0.717) is 6.04 Å². The first kappa shape index (κ1) is 11.1. The predicted octanol–water partition coefficient (Wildman–Crippen LogP) is 3.79. The molecule has 1 N–H and O–H groups in total. The average molecular weight is 272 g/mol. The molecule has 1 heterocycles. The Morgan fingerprint density at radius 3 is 3.00 bits per heavy atom. The molecule has 0 spiro atoms. The van der Waals surface area contributed by atoms with E-state index in [1.807, 2.05) is 0 Å². The van der Waals surface area contributed by atoms with E-state index in [-0.39, 0.29) is 5.82 Å². The summed E-state index contributed by atoms with van der Waals surface area (Å²) in [5.41, 5.74) is 1.05. The molecule has 1 aromatic carbocycles. The first-order valence-corrected chi connectivity index (χ1v) is 6.25. The number of hydrogen-bond acceptors (Lipinski definition) is 1. The van der Waals surface area contributed by atoms with Gasteiger partial charge in [0, 0.05) is 10.5 Å². The minimum atomic E-state index is -0.153. The van der Waals surface area contributed by atoms with E-state index < -0.39 is 0 Å². The fourth-order valence-electron chi connectivity index (χ4n) is 2.08. The van der Waals surface area contributed by atoms with Crippen molar-refractivity contribution in [1.82, 2.24) is 5.32 Å². The van der Waals surface area contributed by atoms with E-state index in [0.717, 1.165) is 23.0 Å². The number of halogens is 2.